The van der Waals surface area contributed by atoms with Gasteiger partial charge >= 0.3 is 6.09 Å². The molecule has 1 aliphatic heterocycles. The Bertz CT molecular complexity index is 2620. The summed E-state index contributed by atoms with van der Waals surface area (Å²) in [4.78, 5) is 67.2. The normalized spacial score (nSPS) is 22.1. The first-order chi connectivity index (χ1) is 29.3. The van der Waals surface area contributed by atoms with Crippen molar-refractivity contribution in [2.45, 2.75) is 121 Å². The van der Waals surface area contributed by atoms with Crippen LogP contribution in [0.1, 0.15) is 86.1 Å². The van der Waals surface area contributed by atoms with Crippen LogP contribution >= 0.6 is 27.3 Å². The molecule has 4 N–H and O–H groups in total. The minimum Gasteiger partial charge on any atom is -0.496 e. The van der Waals surface area contributed by atoms with Crippen molar-refractivity contribution in [3.05, 3.63) is 45.7 Å². The Morgan fingerprint density at radius 3 is 2.35 bits per heavy atom. The summed E-state index contributed by atoms with van der Waals surface area (Å²) in [6.07, 6.45) is 0.620. The van der Waals surface area contributed by atoms with Crippen molar-refractivity contribution >= 4 is 83.2 Å². The molecule has 340 valence electrons. The van der Waals surface area contributed by atoms with Crippen LogP contribution in [0.4, 0.5) is 4.79 Å². The lowest BCUT2D eigenvalue weighted by Gasteiger charge is -2.36. The summed E-state index contributed by atoms with van der Waals surface area (Å²) in [6.45, 7) is 17.3. The number of ether oxygens (including phenoxy) is 3. The molecular weight excluding hydrogens is 921 g/mol. The topological polar surface area (TPSA) is 229 Å². The number of nitrogens with zero attached hydrogens (tertiary/aromatic N) is 3. The van der Waals surface area contributed by atoms with Gasteiger partial charge < -0.3 is 39.3 Å². The van der Waals surface area contributed by atoms with Gasteiger partial charge in [-0.2, -0.15) is 0 Å². The number of rotatable bonds is 13. The molecule has 63 heavy (non-hydrogen) atoms. The summed E-state index contributed by atoms with van der Waals surface area (Å²) in [5.41, 5.74) is -2.67. The molecule has 17 nitrogen and oxygen atoms in total. The van der Waals surface area contributed by atoms with Gasteiger partial charge in [0.2, 0.25) is 21.8 Å². The number of hydrogen-bond acceptors (Lipinski definition) is 14. The van der Waals surface area contributed by atoms with E-state index in [1.807, 2.05) is 0 Å². The van der Waals surface area contributed by atoms with Gasteiger partial charge in [0, 0.05) is 23.8 Å². The van der Waals surface area contributed by atoms with Crippen LogP contribution in [0.25, 0.3) is 33.5 Å². The monoisotopic (exact) mass is 972 g/mol. The SMILES string of the molecule is C=CC1CC1(NC(=O)C1CC(Oc2cc(-c3csc(C(C)(C)O)n3)nc3c2oc2ccc(OC)c(Br)c23)CN1C(=O)C(NC(=O)OC(C)(C)C)C(C)(C)C)C(=O)NS(=O)(=O)C1CC1. The number of pyridine rings is 1. The third-order valence-electron chi connectivity index (χ3n) is 11.1. The first-order valence-corrected chi connectivity index (χ1v) is 23.7. The molecule has 7 rings (SSSR count). The van der Waals surface area contributed by atoms with Crippen molar-refractivity contribution < 1.29 is 51.3 Å². The first kappa shape index (κ1) is 46.2. The summed E-state index contributed by atoms with van der Waals surface area (Å²) in [6, 6.07) is 2.65. The molecule has 4 aromatic rings. The Morgan fingerprint density at radius 2 is 1.78 bits per heavy atom. The number of amides is 4. The Hall–Kier alpha value is -4.79. The number of carbonyl (C=O) groups is 4. The van der Waals surface area contributed by atoms with E-state index in [4.69, 9.17) is 23.6 Å². The van der Waals surface area contributed by atoms with Crippen molar-refractivity contribution in [3.8, 4) is 22.9 Å². The maximum absolute atomic E-state index is 14.8. The summed E-state index contributed by atoms with van der Waals surface area (Å²) < 4.78 is 52.7. The van der Waals surface area contributed by atoms with Gasteiger partial charge in [0.15, 0.2) is 11.3 Å². The smallest absolute Gasteiger partial charge is 0.408 e. The number of fused-ring (bicyclic) bond motifs is 3. The molecule has 2 saturated carbocycles. The average molecular weight is 974 g/mol. The Balaban J connectivity index is 1.28. The molecule has 5 unspecified atom stereocenters. The number of sulfonamides is 1. The van der Waals surface area contributed by atoms with E-state index in [1.54, 1.807) is 79.0 Å². The van der Waals surface area contributed by atoms with E-state index in [1.165, 1.54) is 29.4 Å². The zero-order valence-corrected chi connectivity index (χ0v) is 39.8. The van der Waals surface area contributed by atoms with Gasteiger partial charge in [-0.05, 0) is 87.4 Å². The third kappa shape index (κ3) is 9.40. The van der Waals surface area contributed by atoms with Crippen LogP contribution < -0.4 is 24.8 Å². The average Bonchev–Trinajstić information content (AvgIpc) is 3.99. The molecule has 3 fully saturated rings. The summed E-state index contributed by atoms with van der Waals surface area (Å²) in [5.74, 6) is -2.08. The molecule has 3 aromatic heterocycles. The molecule has 4 heterocycles. The second kappa shape index (κ2) is 16.3. The van der Waals surface area contributed by atoms with E-state index < -0.39 is 85.3 Å². The fourth-order valence-electron chi connectivity index (χ4n) is 7.60. The highest BCUT2D eigenvalue weighted by Crippen LogP contribution is 2.47. The molecule has 4 amide bonds. The van der Waals surface area contributed by atoms with Crippen molar-refractivity contribution in [2.75, 3.05) is 13.7 Å². The second-order valence-corrected chi connectivity index (χ2v) is 22.6. The number of aliphatic hydroxyl groups is 1. The quantitative estimate of drug-likeness (QED) is 0.112. The lowest BCUT2D eigenvalue weighted by Crippen LogP contribution is -2.60. The standard InChI is InChI=1S/C43H53BrN6O11S2/c1-11-21-18-43(21,37(53)49-63(56,57)23-12-13-23)48-35(51)26-16-22(19-50(26)36(52)34(40(2,3)4)47-39(54)61-41(5,6)7)59-29-17-24(25-20-62-38(46-25)42(8,9)55)45-32-30-27(60-33(29)32)14-15-28(58-10)31(30)44/h11,14-15,17,20-23,26,34,55H,1,12-13,16,18-19H2,2-10H3,(H,47,54)(H,48,51)(H,49,53). The van der Waals surface area contributed by atoms with E-state index in [9.17, 15) is 32.7 Å². The number of methoxy groups -OCH3 is 1. The van der Waals surface area contributed by atoms with Gasteiger partial charge in [-0.1, -0.05) is 26.8 Å². The number of furan rings is 1. The summed E-state index contributed by atoms with van der Waals surface area (Å²) in [7, 11) is -2.43. The number of benzene rings is 1. The van der Waals surface area contributed by atoms with Gasteiger partial charge in [-0.15, -0.1) is 17.9 Å². The molecule has 0 spiro atoms. The highest BCUT2D eigenvalue weighted by molar-refractivity contribution is 9.10. The molecule has 20 heteroatoms. The third-order valence-corrected chi connectivity index (χ3v) is 14.9. The molecule has 0 radical (unpaired) electrons. The lowest BCUT2D eigenvalue weighted by atomic mass is 9.85. The highest BCUT2D eigenvalue weighted by atomic mass is 79.9. The fraction of sp³-hybridized carbons (Fsp3) is 0.535. The van der Waals surface area contributed by atoms with Gasteiger partial charge in [0.05, 0.1) is 34.5 Å². The number of hydrogen-bond donors (Lipinski definition) is 4. The molecule has 1 saturated heterocycles. The van der Waals surface area contributed by atoms with Crippen molar-refractivity contribution in [3.63, 3.8) is 0 Å². The van der Waals surface area contributed by atoms with Gasteiger partial charge in [-0.3, -0.25) is 19.1 Å². The Labute approximate surface area is 377 Å². The van der Waals surface area contributed by atoms with E-state index in [0.29, 0.717) is 55.9 Å². The van der Waals surface area contributed by atoms with Crippen molar-refractivity contribution in [2.24, 2.45) is 11.3 Å². The van der Waals surface area contributed by atoms with Gasteiger partial charge in [-0.25, -0.2) is 23.2 Å². The fourth-order valence-corrected chi connectivity index (χ4v) is 10.5. The van der Waals surface area contributed by atoms with Crippen LogP contribution in [0, 0.1) is 11.3 Å². The van der Waals surface area contributed by atoms with Crippen molar-refractivity contribution in [1.82, 2.24) is 30.2 Å². The number of halogens is 1. The van der Waals surface area contributed by atoms with E-state index in [2.05, 4.69) is 42.8 Å². The number of thiazole rings is 1. The van der Waals surface area contributed by atoms with Crippen LogP contribution in [0.2, 0.25) is 0 Å². The predicted molar refractivity (Wildman–Crippen MR) is 239 cm³/mol. The largest absolute Gasteiger partial charge is 0.496 e. The number of alkyl carbamates (subject to hydrolysis) is 1. The molecule has 5 atom stereocenters. The first-order valence-electron chi connectivity index (χ1n) is 20.5. The Morgan fingerprint density at radius 1 is 1.08 bits per heavy atom. The van der Waals surface area contributed by atoms with Crippen LogP contribution in [0.3, 0.4) is 0 Å². The highest BCUT2D eigenvalue weighted by Gasteiger charge is 2.62. The maximum atomic E-state index is 14.8. The number of likely N-dealkylation sites (tertiary alicyclic amines) is 1. The van der Waals surface area contributed by atoms with Crippen LogP contribution in [0.5, 0.6) is 11.5 Å². The predicted octanol–water partition coefficient (Wildman–Crippen LogP) is 6.06. The zero-order chi connectivity index (χ0) is 46.2. The summed E-state index contributed by atoms with van der Waals surface area (Å²) in [5, 5.41) is 18.4. The maximum Gasteiger partial charge on any atom is 0.408 e. The van der Waals surface area contributed by atoms with E-state index >= 15 is 0 Å². The van der Waals surface area contributed by atoms with Crippen LogP contribution in [-0.4, -0.2) is 100 Å². The van der Waals surface area contributed by atoms with Crippen molar-refractivity contribution in [1.29, 1.82) is 0 Å². The van der Waals surface area contributed by atoms with Crippen LogP contribution in [-0.2, 0) is 34.7 Å². The zero-order valence-electron chi connectivity index (χ0n) is 36.6. The van der Waals surface area contributed by atoms with Gasteiger partial charge in [0.1, 0.15) is 62.5 Å². The molecule has 2 aliphatic carbocycles. The molecule has 0 bridgehead atoms. The Kier molecular flexibility index (Phi) is 12.0. The number of aromatic nitrogens is 2. The van der Waals surface area contributed by atoms with E-state index in [0.717, 1.165) is 0 Å². The minimum atomic E-state index is -3.96. The lowest BCUT2D eigenvalue weighted by molar-refractivity contribution is -0.143. The summed E-state index contributed by atoms with van der Waals surface area (Å²) >= 11 is 4.90. The van der Waals surface area contributed by atoms with Gasteiger partial charge in [0.25, 0.3) is 5.91 Å². The minimum absolute atomic E-state index is 0.0891. The van der Waals surface area contributed by atoms with Crippen LogP contribution in [0.15, 0.2) is 45.1 Å². The number of carbonyl (C=O) groups excluding carboxylic acids is 4. The second-order valence-electron chi connectivity index (χ2n) is 18.9. The molecule has 1 aromatic carbocycles. The van der Waals surface area contributed by atoms with E-state index in [-0.39, 0.29) is 30.7 Å². The number of nitrogens with one attached hydrogen (secondary N) is 3. The molecular formula is C43H53BrN6O11S2. The molecule has 3 aliphatic rings.